The van der Waals surface area contributed by atoms with Gasteiger partial charge in [-0.3, -0.25) is 4.79 Å². The molecule has 0 aliphatic carbocycles. The van der Waals surface area contributed by atoms with Crippen molar-refractivity contribution >= 4 is 5.78 Å². The van der Waals surface area contributed by atoms with E-state index in [1.807, 2.05) is 44.2 Å². The molecule has 0 amide bonds. The van der Waals surface area contributed by atoms with Gasteiger partial charge in [-0.15, -0.1) is 0 Å². The molecule has 0 radical (unpaired) electrons. The first-order valence-electron chi connectivity index (χ1n) is 6.72. The molecular weight excluding hydrogens is 262 g/mol. The molecule has 0 saturated carbocycles. The van der Waals surface area contributed by atoms with Crippen LogP contribution >= 0.6 is 0 Å². The second kappa shape index (κ2) is 6.23. The van der Waals surface area contributed by atoms with E-state index in [9.17, 15) is 10.1 Å². The van der Waals surface area contributed by atoms with Gasteiger partial charge in [0.15, 0.2) is 5.78 Å². The van der Waals surface area contributed by atoms with E-state index in [1.165, 1.54) is 0 Å². The smallest absolute Gasteiger partial charge is 0.184 e. The van der Waals surface area contributed by atoms with Gasteiger partial charge in [-0.1, -0.05) is 36.4 Å². The number of methoxy groups -OCH3 is 1. The summed E-state index contributed by atoms with van der Waals surface area (Å²) in [6, 6.07) is 14.9. The summed E-state index contributed by atoms with van der Waals surface area (Å²) < 4.78 is 5.27. The first-order valence-corrected chi connectivity index (χ1v) is 6.72. The molecule has 3 nitrogen and oxygen atoms in total. The zero-order valence-corrected chi connectivity index (χ0v) is 12.4. The van der Waals surface area contributed by atoms with Gasteiger partial charge in [0.2, 0.25) is 0 Å². The topological polar surface area (TPSA) is 50.1 Å². The number of carbonyl (C=O) groups excluding carboxylic acids is 1. The zero-order chi connectivity index (χ0) is 15.4. The van der Waals surface area contributed by atoms with E-state index in [2.05, 4.69) is 6.07 Å². The summed E-state index contributed by atoms with van der Waals surface area (Å²) in [6.45, 7) is 3.80. The molecule has 1 unspecified atom stereocenters. The molecule has 106 valence electrons. The van der Waals surface area contributed by atoms with Crippen molar-refractivity contribution in [2.24, 2.45) is 0 Å². The molecule has 1 atom stereocenters. The van der Waals surface area contributed by atoms with Gasteiger partial charge in [0.25, 0.3) is 0 Å². The predicted octanol–water partition coefficient (Wildman–Crippen LogP) is 3.80. The number of ether oxygens (including phenoxy) is 1. The first kappa shape index (κ1) is 14.8. The normalized spacial score (nSPS) is 11.5. The van der Waals surface area contributed by atoms with Crippen LogP contribution in [0.5, 0.6) is 5.75 Å². The van der Waals surface area contributed by atoms with E-state index in [0.717, 1.165) is 11.1 Å². The number of hydrogen-bond acceptors (Lipinski definition) is 3. The number of nitrogens with zero attached hydrogens (tertiary/aromatic N) is 1. The third-order valence-corrected chi connectivity index (χ3v) is 3.57. The first-order chi connectivity index (χ1) is 10.1. The summed E-state index contributed by atoms with van der Waals surface area (Å²) in [5.41, 5.74) is 3.10. The molecular formula is C18H17NO2. The number of ketones is 1. The quantitative estimate of drug-likeness (QED) is 0.800. The molecule has 0 heterocycles. The highest BCUT2D eigenvalue weighted by atomic mass is 16.5. The molecule has 2 rings (SSSR count). The van der Waals surface area contributed by atoms with Gasteiger partial charge in [-0.2, -0.15) is 5.26 Å². The Labute approximate surface area is 124 Å². The summed E-state index contributed by atoms with van der Waals surface area (Å²) in [5.74, 6) is -0.313. The SMILES string of the molecule is COc1cc(C(C#N)C(=O)c2ccccc2C)ccc1C. The molecule has 0 aliphatic rings. The Balaban J connectivity index is 2.43. The Kier molecular flexibility index (Phi) is 4.39. The van der Waals surface area contributed by atoms with Crippen LogP contribution in [0.4, 0.5) is 0 Å². The summed E-state index contributed by atoms with van der Waals surface area (Å²) in [6.07, 6.45) is 0. The molecule has 0 N–H and O–H groups in total. The van der Waals surface area contributed by atoms with E-state index in [-0.39, 0.29) is 5.78 Å². The van der Waals surface area contributed by atoms with Crippen LogP contribution in [-0.4, -0.2) is 12.9 Å². The Morgan fingerprint density at radius 1 is 1.14 bits per heavy atom. The van der Waals surface area contributed by atoms with Crippen molar-refractivity contribution < 1.29 is 9.53 Å². The van der Waals surface area contributed by atoms with Crippen molar-refractivity contribution in [3.05, 3.63) is 64.7 Å². The highest BCUT2D eigenvalue weighted by Crippen LogP contribution is 2.27. The van der Waals surface area contributed by atoms with E-state index in [1.54, 1.807) is 19.2 Å². The summed E-state index contributed by atoms with van der Waals surface area (Å²) >= 11 is 0. The zero-order valence-electron chi connectivity index (χ0n) is 12.4. The van der Waals surface area contributed by atoms with Gasteiger partial charge in [0.1, 0.15) is 11.7 Å². The maximum absolute atomic E-state index is 12.6. The van der Waals surface area contributed by atoms with Gasteiger partial charge in [0.05, 0.1) is 13.2 Å². The average Bonchev–Trinajstić information content (AvgIpc) is 2.49. The van der Waals surface area contributed by atoms with Crippen LogP contribution in [0.1, 0.15) is 33.0 Å². The minimum absolute atomic E-state index is 0.179. The van der Waals surface area contributed by atoms with Gasteiger partial charge < -0.3 is 4.74 Å². The lowest BCUT2D eigenvalue weighted by molar-refractivity contribution is 0.0978. The van der Waals surface area contributed by atoms with Gasteiger partial charge in [0, 0.05) is 5.56 Å². The third-order valence-electron chi connectivity index (χ3n) is 3.57. The number of aryl methyl sites for hydroxylation is 2. The standard InChI is InChI=1S/C18H17NO2/c1-12-6-4-5-7-15(12)18(20)16(11-19)14-9-8-13(2)17(10-14)21-3/h4-10,16H,1-3H3. The minimum Gasteiger partial charge on any atom is -0.496 e. The Morgan fingerprint density at radius 3 is 2.48 bits per heavy atom. The number of rotatable bonds is 4. The molecule has 21 heavy (non-hydrogen) atoms. The molecule has 0 aliphatic heterocycles. The molecule has 0 spiro atoms. The van der Waals surface area contributed by atoms with Gasteiger partial charge in [-0.25, -0.2) is 0 Å². The van der Waals surface area contributed by atoms with Crippen molar-refractivity contribution in [3.63, 3.8) is 0 Å². The van der Waals surface area contributed by atoms with Crippen molar-refractivity contribution in [1.82, 2.24) is 0 Å². The molecule has 0 fully saturated rings. The van der Waals surface area contributed by atoms with Crippen LogP contribution in [0, 0.1) is 25.2 Å². The lowest BCUT2D eigenvalue weighted by Crippen LogP contribution is -2.12. The number of carbonyl (C=O) groups is 1. The molecule has 0 saturated heterocycles. The molecule has 2 aromatic carbocycles. The van der Waals surface area contributed by atoms with Crippen molar-refractivity contribution in [2.75, 3.05) is 7.11 Å². The van der Waals surface area contributed by atoms with E-state index >= 15 is 0 Å². The maximum atomic E-state index is 12.6. The van der Waals surface area contributed by atoms with Crippen LogP contribution in [0.2, 0.25) is 0 Å². The predicted molar refractivity (Wildman–Crippen MR) is 81.6 cm³/mol. The fraction of sp³-hybridized carbons (Fsp3) is 0.222. The van der Waals surface area contributed by atoms with Crippen molar-refractivity contribution in [1.29, 1.82) is 5.26 Å². The molecule has 0 bridgehead atoms. The highest BCUT2D eigenvalue weighted by molar-refractivity contribution is 6.03. The van der Waals surface area contributed by atoms with Crippen LogP contribution < -0.4 is 4.74 Å². The molecule has 0 aromatic heterocycles. The Morgan fingerprint density at radius 2 is 1.86 bits per heavy atom. The van der Waals surface area contributed by atoms with E-state index < -0.39 is 5.92 Å². The fourth-order valence-corrected chi connectivity index (χ4v) is 2.31. The maximum Gasteiger partial charge on any atom is 0.184 e. The Bertz CT molecular complexity index is 713. The second-order valence-electron chi connectivity index (χ2n) is 4.97. The summed E-state index contributed by atoms with van der Waals surface area (Å²) in [4.78, 5) is 12.6. The van der Waals surface area contributed by atoms with Gasteiger partial charge in [-0.05, 0) is 36.6 Å². The van der Waals surface area contributed by atoms with Crippen LogP contribution in [-0.2, 0) is 0 Å². The monoisotopic (exact) mass is 279 g/mol. The minimum atomic E-state index is -0.819. The molecule has 2 aromatic rings. The Hall–Kier alpha value is -2.60. The third kappa shape index (κ3) is 2.95. The van der Waals surface area contributed by atoms with Crippen LogP contribution in [0.25, 0.3) is 0 Å². The molecule has 3 heteroatoms. The summed E-state index contributed by atoms with van der Waals surface area (Å²) in [5, 5.41) is 9.42. The largest absolute Gasteiger partial charge is 0.496 e. The van der Waals surface area contributed by atoms with E-state index in [0.29, 0.717) is 16.9 Å². The van der Waals surface area contributed by atoms with Crippen molar-refractivity contribution in [2.45, 2.75) is 19.8 Å². The fourth-order valence-electron chi connectivity index (χ4n) is 2.31. The summed E-state index contributed by atoms with van der Waals surface area (Å²) in [7, 11) is 1.58. The van der Waals surface area contributed by atoms with E-state index in [4.69, 9.17) is 4.74 Å². The highest BCUT2D eigenvalue weighted by Gasteiger charge is 2.23. The van der Waals surface area contributed by atoms with Gasteiger partial charge >= 0.3 is 0 Å². The van der Waals surface area contributed by atoms with Crippen LogP contribution in [0.15, 0.2) is 42.5 Å². The average molecular weight is 279 g/mol. The lowest BCUT2D eigenvalue weighted by atomic mass is 9.89. The number of nitriles is 1. The second-order valence-corrected chi connectivity index (χ2v) is 4.97. The lowest BCUT2D eigenvalue weighted by Gasteiger charge is -2.13. The number of Topliss-reactive ketones (excluding diaryl/α,β-unsaturated/α-hetero) is 1. The number of benzene rings is 2. The van der Waals surface area contributed by atoms with Crippen molar-refractivity contribution in [3.8, 4) is 11.8 Å². The van der Waals surface area contributed by atoms with Crippen LogP contribution in [0.3, 0.4) is 0 Å². The number of hydrogen-bond donors (Lipinski definition) is 0.